The zero-order chi connectivity index (χ0) is 25.4. The van der Waals surface area contributed by atoms with Crippen LogP contribution >= 0.6 is 11.3 Å². The van der Waals surface area contributed by atoms with E-state index in [0.717, 1.165) is 48.4 Å². The topological polar surface area (TPSA) is 71.5 Å². The van der Waals surface area contributed by atoms with Gasteiger partial charge in [0.1, 0.15) is 0 Å². The maximum atomic E-state index is 12.9. The van der Waals surface area contributed by atoms with Crippen LogP contribution in [0.4, 0.5) is 0 Å². The van der Waals surface area contributed by atoms with Gasteiger partial charge in [-0.1, -0.05) is 39.3 Å². The van der Waals surface area contributed by atoms with E-state index < -0.39 is 6.10 Å². The molecule has 1 saturated heterocycles. The SMILES string of the molecule is C/C(=C\c1csc(C)n1)[C@@H]1C/C=C/CCCCC(C)(C)C[C@@H]2CCC(C)[C@@H](CC(O)CC(=O)N1)O2. The first-order chi connectivity index (χ1) is 16.6. The van der Waals surface area contributed by atoms with Crippen LogP contribution in [0.25, 0.3) is 6.08 Å². The summed E-state index contributed by atoms with van der Waals surface area (Å²) >= 11 is 1.63. The highest BCUT2D eigenvalue weighted by Gasteiger charge is 2.33. The number of carbonyl (C=O) groups is 1. The van der Waals surface area contributed by atoms with E-state index in [0.29, 0.717) is 12.3 Å². The van der Waals surface area contributed by atoms with Crippen LogP contribution in [0.3, 0.4) is 0 Å². The third-order valence-electron chi connectivity index (χ3n) is 7.56. The maximum absolute atomic E-state index is 12.9. The minimum atomic E-state index is -0.699. The van der Waals surface area contributed by atoms with E-state index in [2.05, 4.69) is 56.2 Å². The standard InChI is InChI=1S/C29H46N2O3S/c1-20-12-13-25-18-29(4,5)14-10-8-6-7-9-11-26(21(2)15-23-19-35-22(3)30-23)31-28(33)17-24(32)16-27(20)34-25/h7,9,15,19-20,24-27,32H,6,8,10-14,16-18H2,1-5H3,(H,31,33)/b9-7+,21-15+/t20?,24?,25-,26-,27+/m0/s1. The molecule has 0 spiro atoms. The molecule has 35 heavy (non-hydrogen) atoms. The largest absolute Gasteiger partial charge is 0.392 e. The van der Waals surface area contributed by atoms with Gasteiger partial charge in [0.2, 0.25) is 5.91 Å². The third-order valence-corrected chi connectivity index (χ3v) is 8.35. The number of hydrogen-bond donors (Lipinski definition) is 2. The number of allylic oxidation sites excluding steroid dienone is 1. The Morgan fingerprint density at radius 1 is 1.29 bits per heavy atom. The van der Waals surface area contributed by atoms with Crippen LogP contribution in [-0.4, -0.2) is 40.4 Å². The summed E-state index contributed by atoms with van der Waals surface area (Å²) in [7, 11) is 0. The van der Waals surface area contributed by atoms with E-state index in [1.54, 1.807) is 11.3 Å². The summed E-state index contributed by atoms with van der Waals surface area (Å²) in [6, 6.07) is -0.111. The molecule has 5 nitrogen and oxygen atoms in total. The smallest absolute Gasteiger partial charge is 0.223 e. The number of nitrogens with one attached hydrogen (secondary N) is 1. The molecule has 196 valence electrons. The zero-order valence-electron chi connectivity index (χ0n) is 22.4. The second kappa shape index (κ2) is 13.2. The van der Waals surface area contributed by atoms with Gasteiger partial charge >= 0.3 is 0 Å². The normalized spacial score (nSPS) is 32.8. The number of thiazole rings is 1. The van der Waals surface area contributed by atoms with E-state index >= 15 is 0 Å². The number of fused-ring (bicyclic) bond motifs is 2. The molecule has 0 radical (unpaired) electrons. The minimum Gasteiger partial charge on any atom is -0.392 e. The lowest BCUT2D eigenvalue weighted by molar-refractivity contribution is -0.127. The lowest BCUT2D eigenvalue weighted by Crippen LogP contribution is -2.40. The Bertz CT molecular complexity index is 875. The van der Waals surface area contributed by atoms with Crippen molar-refractivity contribution in [2.24, 2.45) is 11.3 Å². The van der Waals surface area contributed by atoms with Crippen LogP contribution < -0.4 is 5.32 Å². The summed E-state index contributed by atoms with van der Waals surface area (Å²) in [6.45, 7) is 11.0. The Morgan fingerprint density at radius 2 is 2.09 bits per heavy atom. The van der Waals surface area contributed by atoms with Crippen LogP contribution in [0.5, 0.6) is 0 Å². The lowest BCUT2D eigenvalue weighted by atomic mass is 9.78. The number of rotatable bonds is 2. The van der Waals surface area contributed by atoms with Gasteiger partial charge in [0.15, 0.2) is 0 Å². The first kappa shape index (κ1) is 28.1. The van der Waals surface area contributed by atoms with Crippen molar-refractivity contribution in [2.75, 3.05) is 0 Å². The molecule has 2 bridgehead atoms. The average molecular weight is 503 g/mol. The Kier molecular flexibility index (Phi) is 10.6. The number of nitrogens with zero attached hydrogens (tertiary/aromatic N) is 1. The molecule has 0 saturated carbocycles. The second-order valence-electron chi connectivity index (χ2n) is 11.6. The molecule has 2 aliphatic heterocycles. The van der Waals surface area contributed by atoms with Gasteiger partial charge in [-0.05, 0) is 81.8 Å². The van der Waals surface area contributed by atoms with E-state index in [9.17, 15) is 9.90 Å². The molecule has 6 heteroatoms. The van der Waals surface area contributed by atoms with Crippen molar-refractivity contribution in [1.82, 2.24) is 10.3 Å². The van der Waals surface area contributed by atoms with E-state index in [1.165, 1.54) is 19.3 Å². The average Bonchev–Trinajstić information content (AvgIpc) is 3.18. The van der Waals surface area contributed by atoms with Crippen LogP contribution in [0.15, 0.2) is 23.1 Å². The van der Waals surface area contributed by atoms with Crippen molar-refractivity contribution in [3.63, 3.8) is 0 Å². The minimum absolute atomic E-state index is 0.0134. The monoisotopic (exact) mass is 502 g/mol. The van der Waals surface area contributed by atoms with Gasteiger partial charge in [-0.3, -0.25) is 4.79 Å². The van der Waals surface area contributed by atoms with E-state index in [4.69, 9.17) is 4.74 Å². The molecular formula is C29H46N2O3S. The number of aliphatic hydroxyl groups excluding tert-OH is 1. The Balaban J connectivity index is 1.73. The second-order valence-corrected chi connectivity index (χ2v) is 12.6. The summed E-state index contributed by atoms with van der Waals surface area (Å²) in [5.74, 6) is 0.294. The molecule has 1 aromatic rings. The predicted octanol–water partition coefficient (Wildman–Crippen LogP) is 6.60. The quantitative estimate of drug-likeness (QED) is 0.447. The van der Waals surface area contributed by atoms with Crippen molar-refractivity contribution in [1.29, 1.82) is 0 Å². The van der Waals surface area contributed by atoms with Crippen molar-refractivity contribution < 1.29 is 14.6 Å². The Morgan fingerprint density at radius 3 is 2.83 bits per heavy atom. The highest BCUT2D eigenvalue weighted by molar-refractivity contribution is 7.09. The zero-order valence-corrected chi connectivity index (χ0v) is 23.2. The fraction of sp³-hybridized carbons (Fsp3) is 0.724. The fourth-order valence-electron chi connectivity index (χ4n) is 5.41. The van der Waals surface area contributed by atoms with Gasteiger partial charge < -0.3 is 15.2 Å². The van der Waals surface area contributed by atoms with Crippen LogP contribution in [0.2, 0.25) is 0 Å². The van der Waals surface area contributed by atoms with Crippen LogP contribution in [0.1, 0.15) is 103 Å². The van der Waals surface area contributed by atoms with E-state index in [1.807, 2.05) is 12.3 Å². The maximum Gasteiger partial charge on any atom is 0.223 e. The number of amides is 1. The van der Waals surface area contributed by atoms with Gasteiger partial charge in [-0.25, -0.2) is 4.98 Å². The highest BCUT2D eigenvalue weighted by atomic mass is 32.1. The molecule has 3 heterocycles. The number of aryl methyl sites for hydroxylation is 1. The van der Waals surface area contributed by atoms with Crippen molar-refractivity contribution in [2.45, 2.75) is 123 Å². The van der Waals surface area contributed by atoms with Gasteiger partial charge in [0, 0.05) is 11.8 Å². The van der Waals surface area contributed by atoms with Gasteiger partial charge in [0.25, 0.3) is 0 Å². The summed E-state index contributed by atoms with van der Waals surface area (Å²) in [5, 5.41) is 17.0. The lowest BCUT2D eigenvalue weighted by Gasteiger charge is -2.39. The van der Waals surface area contributed by atoms with Crippen molar-refractivity contribution in [3.8, 4) is 0 Å². The molecule has 3 rings (SSSR count). The molecule has 2 N–H and O–H groups in total. The molecule has 1 aromatic heterocycles. The molecule has 1 amide bonds. The Hall–Kier alpha value is -1.50. The molecule has 2 unspecified atom stereocenters. The first-order valence-corrected chi connectivity index (χ1v) is 14.4. The van der Waals surface area contributed by atoms with Crippen LogP contribution in [0, 0.1) is 18.3 Å². The van der Waals surface area contributed by atoms with Gasteiger partial charge in [-0.15, -0.1) is 11.3 Å². The summed E-state index contributed by atoms with van der Waals surface area (Å²) in [4.78, 5) is 17.5. The molecule has 0 aliphatic carbocycles. The molecule has 5 atom stereocenters. The number of carbonyl (C=O) groups excluding carboxylic acids is 1. The van der Waals surface area contributed by atoms with E-state index in [-0.39, 0.29) is 36.0 Å². The third kappa shape index (κ3) is 9.47. The number of aliphatic hydroxyl groups is 1. The number of aromatic nitrogens is 1. The van der Waals surface area contributed by atoms with Crippen molar-refractivity contribution >= 4 is 23.3 Å². The molecular weight excluding hydrogens is 456 g/mol. The molecule has 1 fully saturated rings. The first-order valence-electron chi connectivity index (χ1n) is 13.5. The Labute approximate surface area is 216 Å². The fourth-order valence-corrected chi connectivity index (χ4v) is 5.98. The number of ether oxygens (including phenoxy) is 1. The van der Waals surface area contributed by atoms with Gasteiger partial charge in [-0.2, -0.15) is 0 Å². The summed E-state index contributed by atoms with van der Waals surface area (Å²) in [5.41, 5.74) is 2.26. The molecule has 0 aromatic carbocycles. The van der Waals surface area contributed by atoms with Crippen LogP contribution in [-0.2, 0) is 9.53 Å². The molecule has 2 aliphatic rings. The van der Waals surface area contributed by atoms with Crippen molar-refractivity contribution in [3.05, 3.63) is 33.8 Å². The summed E-state index contributed by atoms with van der Waals surface area (Å²) < 4.78 is 6.50. The highest BCUT2D eigenvalue weighted by Crippen LogP contribution is 2.37. The number of hydrogen-bond acceptors (Lipinski definition) is 5. The predicted molar refractivity (Wildman–Crippen MR) is 145 cm³/mol. The summed E-state index contributed by atoms with van der Waals surface area (Å²) in [6.07, 6.45) is 15.4. The van der Waals surface area contributed by atoms with Gasteiger partial charge in [0.05, 0.1) is 41.5 Å².